The first-order chi connectivity index (χ1) is 23.0. The van der Waals surface area contributed by atoms with E-state index >= 15 is 8.78 Å². The van der Waals surface area contributed by atoms with Gasteiger partial charge in [0.25, 0.3) is 0 Å². The highest BCUT2D eigenvalue weighted by atomic mass is 19.2. The van der Waals surface area contributed by atoms with E-state index in [0.29, 0.717) is 16.9 Å². The van der Waals surface area contributed by atoms with Crippen LogP contribution in [0.2, 0.25) is 0 Å². The Balaban J connectivity index is 1.60. The number of aromatic nitrogens is 2. The largest absolute Gasteiger partial charge is 0.309 e. The average Bonchev–Trinajstić information content (AvgIpc) is 3.53. The number of fused-ring (bicyclic) bond motifs is 6. The van der Waals surface area contributed by atoms with Crippen molar-refractivity contribution in [1.29, 1.82) is 0 Å². The quantitative estimate of drug-likeness (QED) is 0.103. The van der Waals surface area contributed by atoms with Crippen LogP contribution in [0.5, 0.6) is 0 Å². The van der Waals surface area contributed by atoms with Crippen LogP contribution < -0.4 is 0 Å². The molecule has 0 fully saturated rings. The Hall–Kier alpha value is -5.43. The van der Waals surface area contributed by atoms with Gasteiger partial charge >= 0.3 is 0 Å². The highest BCUT2D eigenvalue weighted by Gasteiger charge is 2.30. The van der Waals surface area contributed by atoms with Crippen LogP contribution in [0.25, 0.3) is 66.1 Å². The fourth-order valence-electron chi connectivity index (χ4n) is 7.24. The summed E-state index contributed by atoms with van der Waals surface area (Å²) >= 11 is 0. The Morgan fingerprint density at radius 1 is 0.396 bits per heavy atom. The number of hydrogen-bond acceptors (Lipinski definition) is 0. The van der Waals surface area contributed by atoms with E-state index in [1.807, 2.05) is 75.6 Å². The van der Waals surface area contributed by atoms with Gasteiger partial charge in [-0.1, -0.05) is 48.5 Å². The fourth-order valence-corrected chi connectivity index (χ4v) is 7.24. The smallest absolute Gasteiger partial charge is 0.200 e. The second-order valence-electron chi connectivity index (χ2n) is 12.8. The zero-order chi connectivity index (χ0) is 33.8. The average molecular weight is 645 g/mol. The third-order valence-corrected chi connectivity index (χ3v) is 9.50. The van der Waals surface area contributed by atoms with E-state index in [1.165, 1.54) is 6.07 Å². The molecule has 48 heavy (non-hydrogen) atoms. The molecular weight excluding hydrogens is 615 g/mol. The molecule has 0 unspecified atom stereocenters. The van der Waals surface area contributed by atoms with Gasteiger partial charge in [-0.25, -0.2) is 22.0 Å². The maximum atomic E-state index is 15.7. The van der Waals surface area contributed by atoms with Crippen molar-refractivity contribution < 1.29 is 22.0 Å². The summed E-state index contributed by atoms with van der Waals surface area (Å²) in [7, 11) is 0. The molecule has 6 aromatic carbocycles. The summed E-state index contributed by atoms with van der Waals surface area (Å²) in [6.45, 7) is 9.76. The molecule has 0 aliphatic heterocycles. The summed E-state index contributed by atoms with van der Waals surface area (Å²) in [6, 6.07) is 27.6. The summed E-state index contributed by atoms with van der Waals surface area (Å²) < 4.78 is 79.5. The molecule has 0 saturated carbocycles. The van der Waals surface area contributed by atoms with Crippen LogP contribution in [0.1, 0.15) is 27.8 Å². The zero-order valence-electron chi connectivity index (χ0n) is 26.9. The second kappa shape index (κ2) is 10.5. The van der Waals surface area contributed by atoms with Crippen LogP contribution in [-0.2, 0) is 0 Å². The van der Waals surface area contributed by atoms with Crippen molar-refractivity contribution in [3.8, 4) is 22.5 Å². The predicted octanol–water partition coefficient (Wildman–Crippen LogP) is 11.8. The lowest BCUT2D eigenvalue weighted by atomic mass is 9.96. The summed E-state index contributed by atoms with van der Waals surface area (Å²) in [5.41, 5.74) is 7.90. The normalized spacial score (nSPS) is 12.0. The van der Waals surface area contributed by atoms with Crippen LogP contribution in [0.15, 0.2) is 84.9 Å². The van der Waals surface area contributed by atoms with Crippen molar-refractivity contribution in [3.63, 3.8) is 0 Å². The predicted molar refractivity (Wildman–Crippen MR) is 184 cm³/mol. The van der Waals surface area contributed by atoms with E-state index in [2.05, 4.69) is 41.0 Å². The number of rotatable bonds is 3. The first-order valence-electron chi connectivity index (χ1n) is 15.6. The molecule has 0 aliphatic carbocycles. The molecule has 2 heterocycles. The molecule has 0 N–H and O–H groups in total. The summed E-state index contributed by atoms with van der Waals surface area (Å²) in [5, 5.41) is 3.85. The van der Waals surface area contributed by atoms with Crippen molar-refractivity contribution in [2.45, 2.75) is 34.6 Å². The van der Waals surface area contributed by atoms with Gasteiger partial charge in [-0.3, -0.25) is 0 Å². The van der Waals surface area contributed by atoms with Crippen molar-refractivity contribution in [3.05, 3.63) is 142 Å². The van der Waals surface area contributed by atoms with Gasteiger partial charge < -0.3 is 9.13 Å². The maximum Gasteiger partial charge on any atom is 0.200 e. The van der Waals surface area contributed by atoms with Gasteiger partial charge in [0, 0.05) is 27.1 Å². The van der Waals surface area contributed by atoms with Crippen LogP contribution in [0, 0.1) is 63.7 Å². The van der Waals surface area contributed by atoms with E-state index in [-0.39, 0.29) is 5.56 Å². The van der Waals surface area contributed by atoms with Gasteiger partial charge in [-0.2, -0.15) is 0 Å². The molecule has 2 aromatic heterocycles. The first kappa shape index (κ1) is 29.9. The lowest BCUT2D eigenvalue weighted by molar-refractivity contribution is 0.381. The molecule has 0 radical (unpaired) electrons. The van der Waals surface area contributed by atoms with Crippen molar-refractivity contribution in [2.24, 2.45) is 0 Å². The van der Waals surface area contributed by atoms with Crippen LogP contribution in [0.4, 0.5) is 22.0 Å². The van der Waals surface area contributed by atoms with Gasteiger partial charge in [0.15, 0.2) is 23.3 Å². The SMILES string of the molecule is Cc1ccc2c3ccc(C)cc3n(-c3ccc(-c4c(F)c(F)c(F)c(F)c4F)c(-n4c5cc(C)ccc5c5ccc(C)cc54)c3C)c2c1. The lowest BCUT2D eigenvalue weighted by Gasteiger charge is -2.22. The molecule has 0 aliphatic rings. The van der Waals surface area contributed by atoms with Crippen molar-refractivity contribution in [1.82, 2.24) is 9.13 Å². The van der Waals surface area contributed by atoms with Crippen LogP contribution in [-0.4, -0.2) is 9.13 Å². The summed E-state index contributed by atoms with van der Waals surface area (Å²) in [4.78, 5) is 0. The highest BCUT2D eigenvalue weighted by molar-refractivity contribution is 6.12. The minimum atomic E-state index is -2.19. The van der Waals surface area contributed by atoms with E-state index in [0.717, 1.165) is 65.9 Å². The number of nitrogens with zero attached hydrogens (tertiary/aromatic N) is 2. The van der Waals surface area contributed by atoms with E-state index in [4.69, 9.17) is 0 Å². The van der Waals surface area contributed by atoms with Gasteiger partial charge in [-0.05, 0) is 98.8 Å². The van der Waals surface area contributed by atoms with Crippen molar-refractivity contribution in [2.75, 3.05) is 0 Å². The third kappa shape index (κ3) is 4.16. The first-order valence-corrected chi connectivity index (χ1v) is 15.6. The van der Waals surface area contributed by atoms with Gasteiger partial charge in [0.05, 0.1) is 39.0 Å². The Kier molecular flexibility index (Phi) is 6.57. The lowest BCUT2D eigenvalue weighted by Crippen LogP contribution is -2.09. The van der Waals surface area contributed by atoms with Gasteiger partial charge in [0.2, 0.25) is 5.82 Å². The van der Waals surface area contributed by atoms with E-state index in [9.17, 15) is 13.2 Å². The topological polar surface area (TPSA) is 9.86 Å². The Morgan fingerprint density at radius 3 is 1.15 bits per heavy atom. The molecule has 0 atom stereocenters. The Bertz CT molecular complexity index is 2530. The zero-order valence-corrected chi connectivity index (χ0v) is 26.9. The standard InChI is InChI=1S/C41H29F5N2/c1-20-6-10-25-26-11-7-21(2)17-32(26)47(31(25)16-20)30-15-14-29(35-36(42)38(44)40(46)39(45)37(35)43)41(24(30)5)48-33-18-22(3)8-12-27(33)28-13-9-23(4)19-34(28)48/h6-19H,1-5H3. The summed E-state index contributed by atoms with van der Waals surface area (Å²) in [6.07, 6.45) is 0. The molecule has 238 valence electrons. The van der Waals surface area contributed by atoms with E-state index < -0.39 is 34.6 Å². The second-order valence-corrected chi connectivity index (χ2v) is 12.8. The molecule has 0 saturated heterocycles. The number of halogens is 5. The Morgan fingerprint density at radius 2 is 0.750 bits per heavy atom. The number of benzene rings is 6. The molecule has 0 amide bonds. The third-order valence-electron chi connectivity index (χ3n) is 9.50. The number of aryl methyl sites for hydroxylation is 4. The minimum Gasteiger partial charge on any atom is -0.309 e. The summed E-state index contributed by atoms with van der Waals surface area (Å²) in [5.74, 6) is -9.92. The van der Waals surface area contributed by atoms with Gasteiger partial charge in [-0.15, -0.1) is 0 Å². The molecule has 0 bridgehead atoms. The van der Waals surface area contributed by atoms with Crippen LogP contribution in [0.3, 0.4) is 0 Å². The van der Waals surface area contributed by atoms with Crippen molar-refractivity contribution >= 4 is 43.6 Å². The maximum absolute atomic E-state index is 15.7. The molecule has 2 nitrogen and oxygen atoms in total. The monoisotopic (exact) mass is 644 g/mol. The molecule has 8 rings (SSSR count). The molecule has 0 spiro atoms. The minimum absolute atomic E-state index is 0.112. The van der Waals surface area contributed by atoms with Gasteiger partial charge in [0.1, 0.15) is 0 Å². The highest BCUT2D eigenvalue weighted by Crippen LogP contribution is 2.44. The van der Waals surface area contributed by atoms with Crippen LogP contribution >= 0.6 is 0 Å². The Labute approximate surface area is 273 Å². The van der Waals surface area contributed by atoms with E-state index in [1.54, 1.807) is 6.07 Å². The number of hydrogen-bond donors (Lipinski definition) is 0. The molecular formula is C41H29F5N2. The fraction of sp³-hybridized carbons (Fsp3) is 0.122. The molecule has 8 aromatic rings. The molecule has 7 heteroatoms.